The third-order valence-electron chi connectivity index (χ3n) is 3.88. The van der Waals surface area contributed by atoms with Gasteiger partial charge < -0.3 is 15.3 Å². The lowest BCUT2D eigenvalue weighted by Gasteiger charge is -2.30. The van der Waals surface area contributed by atoms with E-state index in [1.54, 1.807) is 0 Å². The lowest BCUT2D eigenvalue weighted by atomic mass is 10.2. The van der Waals surface area contributed by atoms with Gasteiger partial charge in [-0.05, 0) is 47.0 Å². The van der Waals surface area contributed by atoms with Crippen LogP contribution in [0, 0.1) is 6.92 Å². The highest BCUT2D eigenvalue weighted by Crippen LogP contribution is 2.40. The normalized spacial score (nSPS) is 14.6. The molecule has 5 nitrogen and oxygen atoms in total. The highest BCUT2D eigenvalue weighted by molar-refractivity contribution is 5.59. The third-order valence-corrected chi connectivity index (χ3v) is 3.88. The van der Waals surface area contributed by atoms with Crippen molar-refractivity contribution in [2.45, 2.75) is 58.9 Å². The molecule has 0 atom stereocenters. The first-order valence-electron chi connectivity index (χ1n) is 8.08. The maximum absolute atomic E-state index is 9.13. The average Bonchev–Trinajstić information content (AvgIpc) is 3.27. The second-order valence-corrected chi connectivity index (χ2v) is 6.05. The smallest absolute Gasteiger partial charge is 0.137 e. The molecule has 0 aliphatic heterocycles. The topological polar surface area (TPSA) is 61.3 Å². The lowest BCUT2D eigenvalue weighted by molar-refractivity contribution is 0.288. The summed E-state index contributed by atoms with van der Waals surface area (Å²) >= 11 is 0. The molecule has 0 radical (unpaired) electrons. The predicted molar refractivity (Wildman–Crippen MR) is 87.1 cm³/mol. The van der Waals surface area contributed by atoms with E-state index in [2.05, 4.69) is 37.9 Å². The zero-order valence-electron chi connectivity index (χ0n) is 13.7. The van der Waals surface area contributed by atoms with E-state index in [1.165, 1.54) is 12.8 Å². The lowest BCUT2D eigenvalue weighted by Crippen LogP contribution is -2.34. The second kappa shape index (κ2) is 7.07. The van der Waals surface area contributed by atoms with Crippen molar-refractivity contribution in [1.82, 2.24) is 9.97 Å². The molecule has 1 heterocycles. The Morgan fingerprint density at radius 2 is 2.05 bits per heavy atom. The Hall–Kier alpha value is -1.36. The van der Waals surface area contributed by atoms with Gasteiger partial charge in [0.05, 0.1) is 0 Å². The number of rotatable bonds is 8. The maximum atomic E-state index is 9.13. The van der Waals surface area contributed by atoms with Crippen LogP contribution < -0.4 is 10.2 Å². The van der Waals surface area contributed by atoms with Crippen molar-refractivity contribution >= 4 is 11.6 Å². The van der Waals surface area contributed by atoms with E-state index in [9.17, 15) is 0 Å². The highest BCUT2D eigenvalue weighted by atomic mass is 16.3. The molecule has 2 rings (SSSR count). The summed E-state index contributed by atoms with van der Waals surface area (Å²) in [6.07, 6.45) is 3.16. The molecule has 1 aliphatic carbocycles. The van der Waals surface area contributed by atoms with Crippen LogP contribution in [0.5, 0.6) is 0 Å². The van der Waals surface area contributed by atoms with Crippen molar-refractivity contribution in [3.8, 4) is 0 Å². The summed E-state index contributed by atoms with van der Waals surface area (Å²) in [4.78, 5) is 11.8. The van der Waals surface area contributed by atoms with Crippen molar-refractivity contribution in [2.75, 3.05) is 29.9 Å². The molecule has 0 spiro atoms. The zero-order valence-corrected chi connectivity index (χ0v) is 13.7. The Morgan fingerprint density at radius 3 is 2.57 bits per heavy atom. The van der Waals surface area contributed by atoms with Gasteiger partial charge in [-0.2, -0.15) is 0 Å². The molecular formula is C16H28N4O. The molecule has 0 bridgehead atoms. The predicted octanol–water partition coefficient (Wildman–Crippen LogP) is 2.69. The van der Waals surface area contributed by atoms with Gasteiger partial charge in [-0.15, -0.1) is 0 Å². The van der Waals surface area contributed by atoms with Crippen LogP contribution in [0.3, 0.4) is 0 Å². The van der Waals surface area contributed by atoms with E-state index in [0.717, 1.165) is 42.5 Å². The molecule has 118 valence electrons. The van der Waals surface area contributed by atoms with Crippen LogP contribution in [0.4, 0.5) is 11.6 Å². The van der Waals surface area contributed by atoms with Crippen molar-refractivity contribution in [1.29, 1.82) is 0 Å². The SMILES string of the molecule is CCNc1nc(C2CC2)nc(N(CCCO)C(C)C)c1C. The minimum absolute atomic E-state index is 0.211. The van der Waals surface area contributed by atoms with E-state index in [1.807, 2.05) is 0 Å². The van der Waals surface area contributed by atoms with E-state index in [0.29, 0.717) is 12.0 Å². The maximum Gasteiger partial charge on any atom is 0.137 e. The molecule has 0 saturated heterocycles. The third kappa shape index (κ3) is 3.84. The van der Waals surface area contributed by atoms with Gasteiger partial charge in [0.15, 0.2) is 0 Å². The van der Waals surface area contributed by atoms with Crippen LogP contribution in [0.25, 0.3) is 0 Å². The number of nitrogens with one attached hydrogen (secondary N) is 1. The summed E-state index contributed by atoms with van der Waals surface area (Å²) in [5.41, 5.74) is 1.10. The molecular weight excluding hydrogens is 264 g/mol. The molecule has 0 aromatic carbocycles. The molecule has 21 heavy (non-hydrogen) atoms. The average molecular weight is 292 g/mol. The van der Waals surface area contributed by atoms with Gasteiger partial charge in [-0.1, -0.05) is 0 Å². The van der Waals surface area contributed by atoms with Crippen LogP contribution in [-0.2, 0) is 0 Å². The number of anilines is 2. The second-order valence-electron chi connectivity index (χ2n) is 6.05. The van der Waals surface area contributed by atoms with Crippen LogP contribution in [0.15, 0.2) is 0 Å². The fraction of sp³-hybridized carbons (Fsp3) is 0.750. The van der Waals surface area contributed by atoms with Crippen LogP contribution in [0.1, 0.15) is 57.3 Å². The zero-order chi connectivity index (χ0) is 15.4. The number of aliphatic hydroxyl groups excluding tert-OH is 1. The minimum Gasteiger partial charge on any atom is -0.396 e. The van der Waals surface area contributed by atoms with Gasteiger partial charge in [0.2, 0.25) is 0 Å². The fourth-order valence-corrected chi connectivity index (χ4v) is 2.51. The van der Waals surface area contributed by atoms with Gasteiger partial charge in [-0.3, -0.25) is 0 Å². The Morgan fingerprint density at radius 1 is 1.33 bits per heavy atom. The number of aliphatic hydroxyl groups is 1. The summed E-state index contributed by atoms with van der Waals surface area (Å²) in [6.45, 7) is 10.4. The Kier molecular flexibility index (Phi) is 5.39. The molecule has 1 aromatic heterocycles. The molecule has 5 heteroatoms. The minimum atomic E-state index is 0.211. The first kappa shape index (κ1) is 16.0. The summed E-state index contributed by atoms with van der Waals surface area (Å²) in [5.74, 6) is 3.49. The molecule has 1 aromatic rings. The van der Waals surface area contributed by atoms with Crippen molar-refractivity contribution in [3.63, 3.8) is 0 Å². The van der Waals surface area contributed by atoms with Crippen molar-refractivity contribution < 1.29 is 5.11 Å². The van der Waals surface area contributed by atoms with E-state index >= 15 is 0 Å². The number of hydrogen-bond acceptors (Lipinski definition) is 5. The van der Waals surface area contributed by atoms with Crippen LogP contribution in [0.2, 0.25) is 0 Å². The first-order valence-corrected chi connectivity index (χ1v) is 8.08. The van der Waals surface area contributed by atoms with E-state index in [4.69, 9.17) is 15.1 Å². The van der Waals surface area contributed by atoms with Crippen molar-refractivity contribution in [3.05, 3.63) is 11.4 Å². The van der Waals surface area contributed by atoms with Gasteiger partial charge in [-0.25, -0.2) is 9.97 Å². The first-order chi connectivity index (χ1) is 10.1. The Balaban J connectivity index is 2.38. The molecule has 0 amide bonds. The van der Waals surface area contributed by atoms with Gasteiger partial charge >= 0.3 is 0 Å². The summed E-state index contributed by atoms with van der Waals surface area (Å²) in [6, 6.07) is 0.353. The Bertz CT molecular complexity index is 472. The summed E-state index contributed by atoms with van der Waals surface area (Å²) in [5, 5.41) is 12.5. The summed E-state index contributed by atoms with van der Waals surface area (Å²) in [7, 11) is 0. The standard InChI is InChI=1S/C16H28N4O/c1-5-17-14-12(4)16(19-15(18-14)13-7-8-13)20(11(2)3)9-6-10-21/h11,13,21H,5-10H2,1-4H3,(H,17,18,19). The monoisotopic (exact) mass is 292 g/mol. The van der Waals surface area contributed by atoms with Crippen LogP contribution in [-0.4, -0.2) is 40.8 Å². The highest BCUT2D eigenvalue weighted by Gasteiger charge is 2.29. The van der Waals surface area contributed by atoms with Crippen LogP contribution >= 0.6 is 0 Å². The van der Waals surface area contributed by atoms with Gasteiger partial charge in [0.1, 0.15) is 17.5 Å². The van der Waals surface area contributed by atoms with E-state index in [-0.39, 0.29) is 6.61 Å². The molecule has 1 fully saturated rings. The molecule has 1 saturated carbocycles. The van der Waals surface area contributed by atoms with E-state index < -0.39 is 0 Å². The van der Waals surface area contributed by atoms with Crippen molar-refractivity contribution in [2.24, 2.45) is 0 Å². The largest absolute Gasteiger partial charge is 0.396 e. The van der Waals surface area contributed by atoms with Gasteiger partial charge in [0, 0.05) is 37.2 Å². The Labute approximate surface area is 127 Å². The quantitative estimate of drug-likeness (QED) is 0.771. The molecule has 1 aliphatic rings. The summed E-state index contributed by atoms with van der Waals surface area (Å²) < 4.78 is 0. The van der Waals surface area contributed by atoms with Gasteiger partial charge in [0.25, 0.3) is 0 Å². The number of hydrogen-bond donors (Lipinski definition) is 2. The number of aromatic nitrogens is 2. The molecule has 2 N–H and O–H groups in total. The fourth-order valence-electron chi connectivity index (χ4n) is 2.51. The molecule has 0 unspecified atom stereocenters. The number of nitrogens with zero attached hydrogens (tertiary/aromatic N) is 3.